The first kappa shape index (κ1) is 11.0. The summed E-state index contributed by atoms with van der Waals surface area (Å²) >= 11 is 1.98. The third-order valence-electron chi connectivity index (χ3n) is 3.32. The van der Waals surface area contributed by atoms with Crippen molar-refractivity contribution in [1.29, 1.82) is 0 Å². The molecule has 1 aliphatic carbocycles. The van der Waals surface area contributed by atoms with Crippen LogP contribution in [0.3, 0.4) is 0 Å². The predicted molar refractivity (Wildman–Crippen MR) is 70.1 cm³/mol. The standard InChI is InChI=1S/C13H17N3S/c1-16-9-15-7-11(16)6-14-8-12-5-10-3-2-4-13(10)17-12/h5,7,9,14H,2-4,6,8H2,1H3. The van der Waals surface area contributed by atoms with E-state index in [0.717, 1.165) is 13.1 Å². The number of rotatable bonds is 4. The minimum atomic E-state index is 0.888. The van der Waals surface area contributed by atoms with Crippen molar-refractivity contribution < 1.29 is 0 Å². The summed E-state index contributed by atoms with van der Waals surface area (Å²) in [6, 6.07) is 2.38. The van der Waals surface area contributed by atoms with E-state index in [2.05, 4.69) is 20.9 Å². The largest absolute Gasteiger partial charge is 0.337 e. The maximum absolute atomic E-state index is 4.11. The van der Waals surface area contributed by atoms with Crippen LogP contribution >= 0.6 is 11.3 Å². The molecular formula is C13H17N3S. The highest BCUT2D eigenvalue weighted by Crippen LogP contribution is 2.30. The molecule has 0 saturated heterocycles. The minimum Gasteiger partial charge on any atom is -0.337 e. The fourth-order valence-corrected chi connectivity index (χ4v) is 3.58. The summed E-state index contributed by atoms with van der Waals surface area (Å²) < 4.78 is 2.06. The maximum Gasteiger partial charge on any atom is 0.0945 e. The fourth-order valence-electron chi connectivity index (χ4n) is 2.35. The molecule has 4 heteroatoms. The van der Waals surface area contributed by atoms with Gasteiger partial charge in [0.15, 0.2) is 0 Å². The molecule has 0 unspecified atom stereocenters. The summed E-state index contributed by atoms with van der Waals surface area (Å²) in [5.74, 6) is 0. The Hall–Kier alpha value is -1.13. The Bertz CT molecular complexity index is 491. The van der Waals surface area contributed by atoms with Crippen LogP contribution in [0.1, 0.15) is 27.4 Å². The molecule has 0 aromatic carbocycles. The monoisotopic (exact) mass is 247 g/mol. The molecule has 0 fully saturated rings. The van der Waals surface area contributed by atoms with Crippen molar-refractivity contribution in [2.75, 3.05) is 0 Å². The molecule has 2 aromatic heterocycles. The molecule has 0 amide bonds. The zero-order chi connectivity index (χ0) is 11.7. The van der Waals surface area contributed by atoms with E-state index in [-0.39, 0.29) is 0 Å². The number of thiophene rings is 1. The number of nitrogens with one attached hydrogen (secondary N) is 1. The molecule has 3 rings (SSSR count). The van der Waals surface area contributed by atoms with Gasteiger partial charge in [-0.3, -0.25) is 0 Å². The summed E-state index contributed by atoms with van der Waals surface area (Å²) in [4.78, 5) is 7.20. The van der Waals surface area contributed by atoms with Crippen molar-refractivity contribution in [2.45, 2.75) is 32.4 Å². The summed E-state index contributed by atoms with van der Waals surface area (Å²) in [5, 5.41) is 3.48. The average molecular weight is 247 g/mol. The van der Waals surface area contributed by atoms with E-state index in [0.29, 0.717) is 0 Å². The van der Waals surface area contributed by atoms with Crippen molar-refractivity contribution >= 4 is 11.3 Å². The normalized spacial score (nSPS) is 14.2. The lowest BCUT2D eigenvalue weighted by Crippen LogP contribution is -2.13. The number of imidazole rings is 1. The van der Waals surface area contributed by atoms with Crippen LogP contribution in [0.15, 0.2) is 18.6 Å². The predicted octanol–water partition coefficient (Wildman–Crippen LogP) is 2.26. The van der Waals surface area contributed by atoms with Crippen LogP contribution in [0.2, 0.25) is 0 Å². The Balaban J connectivity index is 1.56. The Morgan fingerprint density at radius 1 is 1.41 bits per heavy atom. The van der Waals surface area contributed by atoms with Gasteiger partial charge in [0, 0.05) is 36.1 Å². The van der Waals surface area contributed by atoms with E-state index in [1.165, 1.54) is 29.8 Å². The van der Waals surface area contributed by atoms with Crippen LogP contribution < -0.4 is 5.32 Å². The maximum atomic E-state index is 4.11. The van der Waals surface area contributed by atoms with Crippen LogP contribution in [-0.4, -0.2) is 9.55 Å². The van der Waals surface area contributed by atoms with E-state index in [1.54, 1.807) is 10.4 Å². The molecule has 3 nitrogen and oxygen atoms in total. The van der Waals surface area contributed by atoms with E-state index in [9.17, 15) is 0 Å². The van der Waals surface area contributed by atoms with Gasteiger partial charge in [0.25, 0.3) is 0 Å². The third kappa shape index (κ3) is 2.28. The van der Waals surface area contributed by atoms with Crippen LogP contribution in [-0.2, 0) is 33.0 Å². The van der Waals surface area contributed by atoms with E-state index >= 15 is 0 Å². The number of aryl methyl sites for hydroxylation is 3. The molecular weight excluding hydrogens is 230 g/mol. The molecule has 0 atom stereocenters. The van der Waals surface area contributed by atoms with Gasteiger partial charge in [-0.25, -0.2) is 4.98 Å². The molecule has 90 valence electrons. The molecule has 17 heavy (non-hydrogen) atoms. The highest BCUT2D eigenvalue weighted by Gasteiger charge is 2.14. The number of nitrogens with zero attached hydrogens (tertiary/aromatic N) is 2. The van der Waals surface area contributed by atoms with Crippen molar-refractivity contribution in [3.63, 3.8) is 0 Å². The van der Waals surface area contributed by atoms with Gasteiger partial charge in [0.2, 0.25) is 0 Å². The topological polar surface area (TPSA) is 29.9 Å². The second-order valence-corrected chi connectivity index (χ2v) is 5.84. The quantitative estimate of drug-likeness (QED) is 0.898. The van der Waals surface area contributed by atoms with E-state index in [1.807, 2.05) is 30.9 Å². The first-order chi connectivity index (χ1) is 8.33. The molecule has 1 aliphatic rings. The molecule has 0 spiro atoms. The molecule has 0 radical (unpaired) electrons. The summed E-state index contributed by atoms with van der Waals surface area (Å²) in [6.45, 7) is 1.86. The minimum absolute atomic E-state index is 0.888. The Morgan fingerprint density at radius 2 is 2.35 bits per heavy atom. The SMILES string of the molecule is Cn1cncc1CNCc1cc2c(s1)CCC2. The highest BCUT2D eigenvalue weighted by molar-refractivity contribution is 7.12. The summed E-state index contributed by atoms with van der Waals surface area (Å²) in [6.07, 6.45) is 7.69. The second-order valence-electron chi connectivity index (χ2n) is 4.61. The lowest BCUT2D eigenvalue weighted by molar-refractivity contribution is 0.660. The lowest BCUT2D eigenvalue weighted by atomic mass is 10.2. The molecule has 2 aromatic rings. The number of aromatic nitrogens is 2. The summed E-state index contributed by atoms with van der Waals surface area (Å²) in [7, 11) is 2.03. The van der Waals surface area contributed by atoms with Gasteiger partial charge in [-0.2, -0.15) is 0 Å². The van der Waals surface area contributed by atoms with Gasteiger partial charge in [0.05, 0.1) is 12.0 Å². The first-order valence-corrected chi connectivity index (χ1v) is 6.91. The van der Waals surface area contributed by atoms with Crippen molar-refractivity contribution in [1.82, 2.24) is 14.9 Å². The van der Waals surface area contributed by atoms with E-state index in [4.69, 9.17) is 0 Å². The van der Waals surface area contributed by atoms with Crippen LogP contribution in [0, 0.1) is 0 Å². The van der Waals surface area contributed by atoms with E-state index < -0.39 is 0 Å². The van der Waals surface area contributed by atoms with Gasteiger partial charge >= 0.3 is 0 Å². The lowest BCUT2D eigenvalue weighted by Gasteiger charge is -2.03. The van der Waals surface area contributed by atoms with Gasteiger partial charge in [-0.05, 0) is 30.9 Å². The van der Waals surface area contributed by atoms with Crippen molar-refractivity contribution in [3.8, 4) is 0 Å². The molecule has 0 bridgehead atoms. The number of fused-ring (bicyclic) bond motifs is 1. The van der Waals surface area contributed by atoms with Crippen molar-refractivity contribution in [2.24, 2.45) is 7.05 Å². The molecule has 2 heterocycles. The van der Waals surface area contributed by atoms with Crippen LogP contribution in [0.5, 0.6) is 0 Å². The zero-order valence-electron chi connectivity index (χ0n) is 10.1. The number of hydrogen-bond donors (Lipinski definition) is 1. The third-order valence-corrected chi connectivity index (χ3v) is 4.56. The molecule has 0 saturated carbocycles. The van der Waals surface area contributed by atoms with Crippen LogP contribution in [0.4, 0.5) is 0 Å². The van der Waals surface area contributed by atoms with Gasteiger partial charge in [-0.15, -0.1) is 11.3 Å². The zero-order valence-corrected chi connectivity index (χ0v) is 10.9. The Kier molecular flexibility index (Phi) is 2.99. The highest BCUT2D eigenvalue weighted by atomic mass is 32.1. The number of hydrogen-bond acceptors (Lipinski definition) is 3. The second kappa shape index (κ2) is 4.63. The molecule has 0 aliphatic heterocycles. The average Bonchev–Trinajstić information content (AvgIpc) is 2.95. The Morgan fingerprint density at radius 3 is 3.12 bits per heavy atom. The van der Waals surface area contributed by atoms with Gasteiger partial charge in [-0.1, -0.05) is 0 Å². The van der Waals surface area contributed by atoms with Crippen molar-refractivity contribution in [3.05, 3.63) is 39.6 Å². The van der Waals surface area contributed by atoms with Gasteiger partial charge in [0.1, 0.15) is 0 Å². The van der Waals surface area contributed by atoms with Crippen LogP contribution in [0.25, 0.3) is 0 Å². The first-order valence-electron chi connectivity index (χ1n) is 6.09. The Labute approximate surface area is 106 Å². The van der Waals surface area contributed by atoms with Gasteiger partial charge < -0.3 is 9.88 Å². The fraction of sp³-hybridized carbons (Fsp3) is 0.462. The molecule has 1 N–H and O–H groups in total. The summed E-state index contributed by atoms with van der Waals surface area (Å²) in [5.41, 5.74) is 2.82. The smallest absolute Gasteiger partial charge is 0.0945 e.